The Hall–Kier alpha value is -2.63. The van der Waals surface area contributed by atoms with Crippen LogP contribution in [0.25, 0.3) is 0 Å². The quantitative estimate of drug-likeness (QED) is 0.783. The second-order valence-corrected chi connectivity index (χ2v) is 7.25. The number of benzene rings is 1. The van der Waals surface area contributed by atoms with E-state index >= 15 is 0 Å². The van der Waals surface area contributed by atoms with Crippen LogP contribution in [0, 0.1) is 5.92 Å². The number of hydrogen-bond acceptors (Lipinski definition) is 5. The summed E-state index contributed by atoms with van der Waals surface area (Å²) in [5.41, 5.74) is 7.07. The number of nitrogens with zero attached hydrogens (tertiary/aromatic N) is 3. The number of piperidine rings is 1. The summed E-state index contributed by atoms with van der Waals surface area (Å²) in [6, 6.07) is 12.6. The molecule has 1 saturated heterocycles. The van der Waals surface area contributed by atoms with Gasteiger partial charge in [0, 0.05) is 25.6 Å². The molecule has 1 aromatic heterocycles. The van der Waals surface area contributed by atoms with E-state index in [1.54, 1.807) is 6.33 Å². The van der Waals surface area contributed by atoms with E-state index in [-0.39, 0.29) is 5.91 Å². The third-order valence-corrected chi connectivity index (χ3v) is 5.24. The minimum atomic E-state index is 0.0244. The highest BCUT2D eigenvalue weighted by Gasteiger charge is 2.24. The van der Waals surface area contributed by atoms with Gasteiger partial charge in [0.1, 0.15) is 18.0 Å². The lowest BCUT2D eigenvalue weighted by atomic mass is 9.89. The van der Waals surface area contributed by atoms with Gasteiger partial charge in [-0.3, -0.25) is 15.6 Å². The Balaban J connectivity index is 1.31. The highest BCUT2D eigenvalue weighted by atomic mass is 16.2. The van der Waals surface area contributed by atoms with E-state index in [1.165, 1.54) is 18.4 Å². The molecule has 26 heavy (non-hydrogen) atoms. The lowest BCUT2D eigenvalue weighted by Gasteiger charge is -2.33. The molecule has 136 valence electrons. The largest absolute Gasteiger partial charge is 0.356 e. The van der Waals surface area contributed by atoms with E-state index in [0.717, 1.165) is 31.7 Å². The molecule has 6 nitrogen and oxygen atoms in total. The van der Waals surface area contributed by atoms with Gasteiger partial charge in [0.25, 0.3) is 0 Å². The van der Waals surface area contributed by atoms with Gasteiger partial charge >= 0.3 is 0 Å². The normalized spacial score (nSPS) is 17.8. The molecule has 2 aliphatic rings. The van der Waals surface area contributed by atoms with Crippen molar-refractivity contribution in [1.82, 2.24) is 15.4 Å². The number of amides is 1. The molecule has 1 aliphatic carbocycles. The fourth-order valence-corrected chi connectivity index (χ4v) is 3.52. The van der Waals surface area contributed by atoms with E-state index in [4.69, 9.17) is 0 Å². The fraction of sp³-hybridized carbons (Fsp3) is 0.450. The molecule has 2 heterocycles. The third kappa shape index (κ3) is 4.31. The van der Waals surface area contributed by atoms with Crippen LogP contribution in [0.1, 0.15) is 43.6 Å². The molecule has 2 fully saturated rings. The summed E-state index contributed by atoms with van der Waals surface area (Å²) in [6.07, 6.45) is 6.73. The second-order valence-electron chi connectivity index (χ2n) is 7.25. The molecule has 1 amide bonds. The molecule has 2 aromatic rings. The van der Waals surface area contributed by atoms with Crippen molar-refractivity contribution < 1.29 is 4.79 Å². The number of hydrogen-bond donors (Lipinski definition) is 2. The van der Waals surface area contributed by atoms with Crippen LogP contribution >= 0.6 is 0 Å². The van der Waals surface area contributed by atoms with Crippen LogP contribution in [0.4, 0.5) is 11.6 Å². The van der Waals surface area contributed by atoms with Crippen molar-refractivity contribution in [3.05, 3.63) is 48.3 Å². The van der Waals surface area contributed by atoms with E-state index < -0.39 is 0 Å². The van der Waals surface area contributed by atoms with Crippen molar-refractivity contribution in [1.29, 1.82) is 0 Å². The average Bonchev–Trinajstić information content (AvgIpc) is 3.51. The summed E-state index contributed by atoms with van der Waals surface area (Å²) >= 11 is 0. The number of carbonyl (C=O) groups is 1. The molecule has 0 spiro atoms. The third-order valence-electron chi connectivity index (χ3n) is 5.24. The van der Waals surface area contributed by atoms with Crippen LogP contribution in [0.15, 0.2) is 42.7 Å². The molecule has 0 unspecified atom stereocenters. The van der Waals surface area contributed by atoms with E-state index in [0.29, 0.717) is 24.1 Å². The van der Waals surface area contributed by atoms with Gasteiger partial charge in [-0.05, 0) is 43.1 Å². The first-order valence-electron chi connectivity index (χ1n) is 9.45. The molecule has 1 aliphatic heterocycles. The maximum absolute atomic E-state index is 11.8. The molecular formula is C20H25N5O. The maximum Gasteiger partial charge on any atom is 0.238 e. The van der Waals surface area contributed by atoms with Crippen molar-refractivity contribution in [2.24, 2.45) is 5.92 Å². The average molecular weight is 351 g/mol. The summed E-state index contributed by atoms with van der Waals surface area (Å²) in [7, 11) is 0. The van der Waals surface area contributed by atoms with Crippen molar-refractivity contribution in [2.75, 3.05) is 23.4 Å². The van der Waals surface area contributed by atoms with Gasteiger partial charge in [0.05, 0.1) is 0 Å². The Labute approximate surface area is 154 Å². The molecule has 0 atom stereocenters. The van der Waals surface area contributed by atoms with Crippen LogP contribution in [-0.4, -0.2) is 29.0 Å². The van der Waals surface area contributed by atoms with Gasteiger partial charge < -0.3 is 4.90 Å². The predicted octanol–water partition coefficient (Wildman–Crippen LogP) is 3.10. The monoisotopic (exact) mass is 351 g/mol. The topological polar surface area (TPSA) is 70.2 Å². The van der Waals surface area contributed by atoms with Crippen LogP contribution in [0.3, 0.4) is 0 Å². The second kappa shape index (κ2) is 7.72. The first-order valence-corrected chi connectivity index (χ1v) is 9.45. The van der Waals surface area contributed by atoms with Gasteiger partial charge in [-0.15, -0.1) is 0 Å². The van der Waals surface area contributed by atoms with E-state index in [9.17, 15) is 4.79 Å². The first-order chi connectivity index (χ1) is 12.8. The Kier molecular flexibility index (Phi) is 5.00. The summed E-state index contributed by atoms with van der Waals surface area (Å²) in [4.78, 5) is 22.7. The number of anilines is 2. The molecular weight excluding hydrogens is 326 g/mol. The SMILES string of the molecule is O=C(CC1CC1)NNc1cc(N2CCC(c3ccccc3)CC2)ncn1. The van der Waals surface area contributed by atoms with Gasteiger partial charge in [-0.25, -0.2) is 9.97 Å². The van der Waals surface area contributed by atoms with Crippen molar-refractivity contribution in [3.63, 3.8) is 0 Å². The number of rotatable bonds is 6. The van der Waals surface area contributed by atoms with Crippen molar-refractivity contribution in [2.45, 2.75) is 38.0 Å². The first kappa shape index (κ1) is 16.8. The molecule has 0 bridgehead atoms. The maximum atomic E-state index is 11.8. The Morgan fingerprint density at radius 3 is 2.58 bits per heavy atom. The van der Waals surface area contributed by atoms with E-state index in [1.807, 2.05) is 6.07 Å². The molecule has 1 saturated carbocycles. The Morgan fingerprint density at radius 2 is 1.85 bits per heavy atom. The predicted molar refractivity (Wildman–Crippen MR) is 102 cm³/mol. The smallest absolute Gasteiger partial charge is 0.238 e. The molecule has 4 rings (SSSR count). The Morgan fingerprint density at radius 1 is 1.08 bits per heavy atom. The van der Waals surface area contributed by atoms with Crippen LogP contribution < -0.4 is 15.8 Å². The van der Waals surface area contributed by atoms with Crippen molar-refractivity contribution >= 4 is 17.5 Å². The Bertz CT molecular complexity index is 739. The number of aromatic nitrogens is 2. The molecule has 6 heteroatoms. The van der Waals surface area contributed by atoms with Gasteiger partial charge in [0.15, 0.2) is 0 Å². The van der Waals surface area contributed by atoms with Crippen LogP contribution in [0.2, 0.25) is 0 Å². The summed E-state index contributed by atoms with van der Waals surface area (Å²) in [5, 5.41) is 0. The van der Waals surface area contributed by atoms with Crippen LogP contribution in [0.5, 0.6) is 0 Å². The number of carbonyl (C=O) groups excluding carboxylic acids is 1. The molecule has 1 aromatic carbocycles. The highest BCUT2D eigenvalue weighted by molar-refractivity contribution is 5.77. The minimum absolute atomic E-state index is 0.0244. The standard InChI is InChI=1S/C20H25N5O/c26-20(12-15-6-7-15)24-23-18-13-19(22-14-21-18)25-10-8-17(9-11-25)16-4-2-1-3-5-16/h1-5,13-15,17H,6-12H2,(H,24,26)(H,21,22,23). The zero-order valence-electron chi connectivity index (χ0n) is 14.9. The molecule has 2 N–H and O–H groups in total. The number of nitrogens with one attached hydrogen (secondary N) is 2. The van der Waals surface area contributed by atoms with Crippen molar-refractivity contribution in [3.8, 4) is 0 Å². The summed E-state index contributed by atoms with van der Waals surface area (Å²) < 4.78 is 0. The lowest BCUT2D eigenvalue weighted by molar-refractivity contribution is -0.120. The lowest BCUT2D eigenvalue weighted by Crippen LogP contribution is -2.34. The minimum Gasteiger partial charge on any atom is -0.356 e. The summed E-state index contributed by atoms with van der Waals surface area (Å²) in [6.45, 7) is 1.95. The summed E-state index contributed by atoms with van der Waals surface area (Å²) in [5.74, 6) is 2.75. The van der Waals surface area contributed by atoms with Gasteiger partial charge in [-0.2, -0.15) is 0 Å². The number of hydrazine groups is 1. The highest BCUT2D eigenvalue weighted by Crippen LogP contribution is 2.32. The zero-order valence-corrected chi connectivity index (χ0v) is 14.9. The van der Waals surface area contributed by atoms with Crippen LogP contribution in [-0.2, 0) is 4.79 Å². The van der Waals surface area contributed by atoms with Gasteiger partial charge in [-0.1, -0.05) is 30.3 Å². The molecule has 0 radical (unpaired) electrons. The zero-order chi connectivity index (χ0) is 17.8. The fourth-order valence-electron chi connectivity index (χ4n) is 3.52. The van der Waals surface area contributed by atoms with E-state index in [2.05, 4.69) is 56.1 Å². The van der Waals surface area contributed by atoms with Gasteiger partial charge in [0.2, 0.25) is 5.91 Å².